The van der Waals surface area contributed by atoms with Gasteiger partial charge in [-0.2, -0.15) is 0 Å². The fourth-order valence-corrected chi connectivity index (χ4v) is 4.92. The molecule has 0 saturated carbocycles. The average molecular weight is 448 g/mol. The molecule has 0 spiro atoms. The van der Waals surface area contributed by atoms with Gasteiger partial charge in [0.05, 0.1) is 23.4 Å². The van der Waals surface area contributed by atoms with E-state index in [1.54, 1.807) is 16.7 Å². The highest BCUT2D eigenvalue weighted by Gasteiger charge is 2.23. The van der Waals surface area contributed by atoms with Crippen LogP contribution in [0.3, 0.4) is 0 Å². The van der Waals surface area contributed by atoms with E-state index in [4.69, 9.17) is 21.3 Å². The van der Waals surface area contributed by atoms with E-state index in [1.165, 1.54) is 11.3 Å². The maximum absolute atomic E-state index is 13.4. The first-order chi connectivity index (χ1) is 14.1. The van der Waals surface area contributed by atoms with Gasteiger partial charge in [0.25, 0.3) is 5.91 Å². The van der Waals surface area contributed by atoms with Gasteiger partial charge in [-0.15, -0.1) is 11.8 Å². The lowest BCUT2D eigenvalue weighted by atomic mass is 10.2. The molecule has 3 aromatic rings. The summed E-state index contributed by atoms with van der Waals surface area (Å²) in [5.41, 5.74) is 1.53. The first kappa shape index (κ1) is 20.6. The van der Waals surface area contributed by atoms with Crippen LogP contribution in [-0.2, 0) is 4.74 Å². The van der Waals surface area contributed by atoms with Gasteiger partial charge in [-0.3, -0.25) is 14.6 Å². The molecule has 0 aliphatic carbocycles. The standard InChI is InChI=1S/C21H22ClN3O2S2/c1-28-17-5-2-15(3-6-17)20(26)25(9-8-24-10-12-27-13-11-24)21-23-18-7-4-16(22)14-19(18)29-21/h2-7,14H,8-13H2,1H3. The molecule has 1 amide bonds. The van der Waals surface area contributed by atoms with Crippen LogP contribution in [0.5, 0.6) is 0 Å². The molecule has 5 nitrogen and oxygen atoms in total. The summed E-state index contributed by atoms with van der Waals surface area (Å²) >= 11 is 9.30. The first-order valence-electron chi connectivity index (χ1n) is 9.46. The van der Waals surface area contributed by atoms with E-state index in [0.717, 1.165) is 48.0 Å². The Morgan fingerprint density at radius 2 is 2.00 bits per heavy atom. The van der Waals surface area contributed by atoms with Crippen LogP contribution in [0.25, 0.3) is 10.2 Å². The number of anilines is 1. The fraction of sp³-hybridized carbons (Fsp3) is 0.333. The molecule has 1 saturated heterocycles. The van der Waals surface area contributed by atoms with Gasteiger partial charge in [-0.1, -0.05) is 22.9 Å². The average Bonchev–Trinajstić information content (AvgIpc) is 3.17. The van der Waals surface area contributed by atoms with Crippen molar-refractivity contribution in [3.8, 4) is 0 Å². The van der Waals surface area contributed by atoms with Crippen molar-refractivity contribution in [2.45, 2.75) is 4.90 Å². The maximum atomic E-state index is 13.4. The molecule has 152 valence electrons. The number of halogens is 1. The molecule has 1 aliphatic rings. The summed E-state index contributed by atoms with van der Waals surface area (Å²) in [5, 5.41) is 1.38. The van der Waals surface area contributed by atoms with Gasteiger partial charge in [0.2, 0.25) is 0 Å². The summed E-state index contributed by atoms with van der Waals surface area (Å²) < 4.78 is 6.41. The van der Waals surface area contributed by atoms with Crippen molar-refractivity contribution in [3.63, 3.8) is 0 Å². The molecule has 0 atom stereocenters. The minimum Gasteiger partial charge on any atom is -0.379 e. The molecule has 1 aromatic heterocycles. The lowest BCUT2D eigenvalue weighted by Crippen LogP contribution is -2.43. The van der Waals surface area contributed by atoms with E-state index in [1.807, 2.05) is 48.7 Å². The van der Waals surface area contributed by atoms with Gasteiger partial charge in [-0.05, 0) is 48.7 Å². The Morgan fingerprint density at radius 1 is 1.24 bits per heavy atom. The Balaban J connectivity index is 1.61. The summed E-state index contributed by atoms with van der Waals surface area (Å²) in [4.78, 5) is 23.3. The van der Waals surface area contributed by atoms with E-state index < -0.39 is 0 Å². The molecule has 0 N–H and O–H groups in total. The van der Waals surface area contributed by atoms with Crippen molar-refractivity contribution in [2.24, 2.45) is 0 Å². The molecule has 4 rings (SSSR count). The summed E-state index contributed by atoms with van der Waals surface area (Å²) in [6.45, 7) is 4.62. The van der Waals surface area contributed by atoms with E-state index >= 15 is 0 Å². The number of carbonyl (C=O) groups excluding carboxylic acids is 1. The molecular weight excluding hydrogens is 426 g/mol. The highest BCUT2D eigenvalue weighted by atomic mass is 35.5. The third-order valence-corrected chi connectivity index (χ3v) is 6.92. The third kappa shape index (κ3) is 4.92. The maximum Gasteiger partial charge on any atom is 0.260 e. The number of hydrogen-bond acceptors (Lipinski definition) is 6. The van der Waals surface area contributed by atoms with Gasteiger partial charge in [0.15, 0.2) is 5.13 Å². The predicted molar refractivity (Wildman–Crippen MR) is 122 cm³/mol. The quantitative estimate of drug-likeness (QED) is 0.514. The van der Waals surface area contributed by atoms with E-state index in [-0.39, 0.29) is 5.91 Å². The number of amides is 1. The van der Waals surface area contributed by atoms with Crippen LogP contribution in [0.4, 0.5) is 5.13 Å². The molecule has 2 heterocycles. The SMILES string of the molecule is CSc1ccc(C(=O)N(CCN2CCOCC2)c2nc3ccc(Cl)cc3s2)cc1. The molecule has 1 aliphatic heterocycles. The number of aromatic nitrogens is 1. The number of rotatable bonds is 6. The molecule has 1 fully saturated rings. The van der Waals surface area contributed by atoms with Gasteiger partial charge in [0.1, 0.15) is 0 Å². The summed E-state index contributed by atoms with van der Waals surface area (Å²) in [5.74, 6) is -0.0314. The predicted octanol–water partition coefficient (Wildman–Crippen LogP) is 4.65. The number of hydrogen-bond donors (Lipinski definition) is 0. The molecule has 29 heavy (non-hydrogen) atoms. The van der Waals surface area contributed by atoms with Crippen LogP contribution in [0.2, 0.25) is 5.02 Å². The fourth-order valence-electron chi connectivity index (χ4n) is 3.24. The third-order valence-electron chi connectivity index (χ3n) is 4.90. The number of morpholine rings is 1. The molecular formula is C21H22ClN3O2S2. The topological polar surface area (TPSA) is 45.7 Å². The zero-order valence-electron chi connectivity index (χ0n) is 16.1. The second kappa shape index (κ2) is 9.45. The number of thioether (sulfide) groups is 1. The minimum atomic E-state index is -0.0314. The highest BCUT2D eigenvalue weighted by Crippen LogP contribution is 2.31. The number of carbonyl (C=O) groups is 1. The number of fused-ring (bicyclic) bond motifs is 1. The number of ether oxygens (including phenoxy) is 1. The van der Waals surface area contributed by atoms with Crippen molar-refractivity contribution in [2.75, 3.05) is 50.5 Å². The van der Waals surface area contributed by atoms with Crippen molar-refractivity contribution >= 4 is 56.0 Å². The lowest BCUT2D eigenvalue weighted by molar-refractivity contribution is 0.0391. The van der Waals surface area contributed by atoms with Crippen LogP contribution in [0.1, 0.15) is 10.4 Å². The van der Waals surface area contributed by atoms with Gasteiger partial charge in [0, 0.05) is 41.7 Å². The number of nitrogens with zero attached hydrogens (tertiary/aromatic N) is 3. The van der Waals surface area contributed by atoms with Crippen molar-refractivity contribution < 1.29 is 9.53 Å². The van der Waals surface area contributed by atoms with Gasteiger partial charge < -0.3 is 4.74 Å². The second-order valence-electron chi connectivity index (χ2n) is 6.75. The summed E-state index contributed by atoms with van der Waals surface area (Å²) in [6.07, 6.45) is 2.03. The largest absolute Gasteiger partial charge is 0.379 e. The minimum absolute atomic E-state index is 0.0314. The Bertz CT molecular complexity index is 987. The Kier molecular flexibility index (Phi) is 6.72. The Hall–Kier alpha value is -1.64. The molecule has 0 bridgehead atoms. The van der Waals surface area contributed by atoms with E-state index in [0.29, 0.717) is 22.3 Å². The lowest BCUT2D eigenvalue weighted by Gasteiger charge is -2.29. The van der Waals surface area contributed by atoms with Crippen LogP contribution in [0, 0.1) is 0 Å². The summed E-state index contributed by atoms with van der Waals surface area (Å²) in [6, 6.07) is 13.4. The Morgan fingerprint density at radius 3 is 2.72 bits per heavy atom. The normalized spacial score (nSPS) is 15.0. The van der Waals surface area contributed by atoms with Crippen LogP contribution in [-0.4, -0.2) is 61.4 Å². The van der Waals surface area contributed by atoms with E-state index in [2.05, 4.69) is 4.90 Å². The van der Waals surface area contributed by atoms with Crippen molar-refractivity contribution in [3.05, 3.63) is 53.1 Å². The first-order valence-corrected chi connectivity index (χ1v) is 11.9. The number of thiazole rings is 1. The zero-order chi connectivity index (χ0) is 20.2. The van der Waals surface area contributed by atoms with Crippen LogP contribution in [0.15, 0.2) is 47.4 Å². The van der Waals surface area contributed by atoms with E-state index in [9.17, 15) is 4.79 Å². The number of benzene rings is 2. The second-order valence-corrected chi connectivity index (χ2v) is 9.07. The smallest absolute Gasteiger partial charge is 0.260 e. The highest BCUT2D eigenvalue weighted by molar-refractivity contribution is 7.98. The van der Waals surface area contributed by atoms with Crippen LogP contribution < -0.4 is 4.90 Å². The van der Waals surface area contributed by atoms with Gasteiger partial charge >= 0.3 is 0 Å². The zero-order valence-corrected chi connectivity index (χ0v) is 18.5. The Labute approximate surface area is 183 Å². The van der Waals surface area contributed by atoms with Crippen molar-refractivity contribution in [1.82, 2.24) is 9.88 Å². The van der Waals surface area contributed by atoms with Gasteiger partial charge in [-0.25, -0.2) is 4.98 Å². The monoisotopic (exact) mass is 447 g/mol. The van der Waals surface area contributed by atoms with Crippen LogP contribution >= 0.6 is 34.7 Å². The molecule has 2 aromatic carbocycles. The molecule has 8 heteroatoms. The molecule has 0 unspecified atom stereocenters. The summed E-state index contributed by atoms with van der Waals surface area (Å²) in [7, 11) is 0. The van der Waals surface area contributed by atoms with Crippen molar-refractivity contribution in [1.29, 1.82) is 0 Å². The molecule has 0 radical (unpaired) electrons.